The Morgan fingerprint density at radius 2 is 1.67 bits per heavy atom. The summed E-state index contributed by atoms with van der Waals surface area (Å²) in [6, 6.07) is 13.2. The third-order valence-electron chi connectivity index (χ3n) is 5.52. The van der Waals surface area contributed by atoms with Crippen LogP contribution in [0.5, 0.6) is 11.5 Å². The summed E-state index contributed by atoms with van der Waals surface area (Å²) in [5.74, 6) is -0.699. The fourth-order valence-corrected chi connectivity index (χ4v) is 4.03. The van der Waals surface area contributed by atoms with Crippen LogP contribution in [0.1, 0.15) is 37.4 Å². The molecule has 2 aromatic carbocycles. The summed E-state index contributed by atoms with van der Waals surface area (Å²) in [6.45, 7) is 5.88. The van der Waals surface area contributed by atoms with Crippen LogP contribution < -0.4 is 19.5 Å². The van der Waals surface area contributed by atoms with Gasteiger partial charge < -0.3 is 24.4 Å². The molecular formula is C26H32N2O5. The second-order valence-electron chi connectivity index (χ2n) is 8.22. The Balaban J connectivity index is 2.12. The first-order chi connectivity index (χ1) is 15.9. The molecule has 1 aliphatic rings. The van der Waals surface area contributed by atoms with Crippen LogP contribution in [0.15, 0.2) is 54.1 Å². The largest absolute Gasteiger partial charge is 0.872 e. The Morgan fingerprint density at radius 3 is 2.30 bits per heavy atom. The monoisotopic (exact) mass is 452 g/mol. The lowest BCUT2D eigenvalue weighted by molar-refractivity contribution is -0.858. The van der Waals surface area contributed by atoms with Crippen molar-refractivity contribution in [2.75, 3.05) is 40.4 Å². The second kappa shape index (κ2) is 11.0. The van der Waals surface area contributed by atoms with Crippen molar-refractivity contribution in [3.8, 4) is 11.5 Å². The van der Waals surface area contributed by atoms with Crippen LogP contribution in [-0.2, 0) is 9.59 Å². The topological polar surface area (TPSA) is 83.3 Å². The molecule has 0 saturated carbocycles. The Kier molecular flexibility index (Phi) is 8.11. The molecule has 7 heteroatoms. The van der Waals surface area contributed by atoms with Gasteiger partial charge in [-0.25, -0.2) is 0 Å². The van der Waals surface area contributed by atoms with Crippen LogP contribution in [0, 0.1) is 0 Å². The number of carbonyl (C=O) groups is 2. The number of amides is 1. The highest BCUT2D eigenvalue weighted by atomic mass is 16.5. The van der Waals surface area contributed by atoms with E-state index in [0.717, 1.165) is 6.54 Å². The summed E-state index contributed by atoms with van der Waals surface area (Å²) >= 11 is 0. The maximum atomic E-state index is 13.4. The molecule has 0 radical (unpaired) electrons. The SMILES string of the molecule is CCOc1ccc(C2/C(=C(\[O-])c3ccccc3)C(=O)C(=O)N2CCC[NH+](C)C)cc1OCC. The number of benzene rings is 2. The number of rotatable bonds is 10. The van der Waals surface area contributed by atoms with Crippen molar-refractivity contribution in [2.45, 2.75) is 26.3 Å². The van der Waals surface area contributed by atoms with E-state index < -0.39 is 23.5 Å². The summed E-state index contributed by atoms with van der Waals surface area (Å²) < 4.78 is 11.4. The van der Waals surface area contributed by atoms with Crippen molar-refractivity contribution in [3.63, 3.8) is 0 Å². The summed E-state index contributed by atoms with van der Waals surface area (Å²) in [6.07, 6.45) is 0.708. The van der Waals surface area contributed by atoms with E-state index in [1.54, 1.807) is 48.5 Å². The van der Waals surface area contributed by atoms with Crippen LogP contribution in [-0.4, -0.2) is 57.0 Å². The minimum atomic E-state index is -0.773. The smallest absolute Gasteiger partial charge is 0.295 e. The number of hydrogen-bond acceptors (Lipinski definition) is 5. The Morgan fingerprint density at radius 1 is 1.00 bits per heavy atom. The van der Waals surface area contributed by atoms with Crippen LogP contribution in [0.25, 0.3) is 5.76 Å². The molecule has 1 aliphatic heterocycles. The van der Waals surface area contributed by atoms with Gasteiger partial charge in [-0.15, -0.1) is 0 Å². The average molecular weight is 453 g/mol. The fraction of sp³-hybridized carbons (Fsp3) is 0.385. The maximum absolute atomic E-state index is 13.4. The molecular weight excluding hydrogens is 420 g/mol. The summed E-state index contributed by atoms with van der Waals surface area (Å²) in [7, 11) is 4.07. The number of ether oxygens (including phenoxy) is 2. The molecule has 1 unspecified atom stereocenters. The highest BCUT2D eigenvalue weighted by Gasteiger charge is 2.44. The molecule has 176 valence electrons. The highest BCUT2D eigenvalue weighted by Crippen LogP contribution is 2.41. The number of nitrogens with zero attached hydrogens (tertiary/aromatic N) is 1. The zero-order valence-corrected chi connectivity index (χ0v) is 19.7. The predicted octanol–water partition coefficient (Wildman–Crippen LogP) is 1.24. The van der Waals surface area contributed by atoms with Gasteiger partial charge in [-0.05, 0) is 37.1 Å². The van der Waals surface area contributed by atoms with Crippen LogP contribution in [0.3, 0.4) is 0 Å². The summed E-state index contributed by atoms with van der Waals surface area (Å²) in [5.41, 5.74) is 1.02. The first kappa shape index (κ1) is 24.3. The van der Waals surface area contributed by atoms with Crippen LogP contribution >= 0.6 is 0 Å². The van der Waals surface area contributed by atoms with Gasteiger partial charge in [-0.2, -0.15) is 0 Å². The lowest BCUT2D eigenvalue weighted by Crippen LogP contribution is -3.05. The van der Waals surface area contributed by atoms with Gasteiger partial charge in [0.1, 0.15) is 0 Å². The normalized spacial score (nSPS) is 17.6. The van der Waals surface area contributed by atoms with Gasteiger partial charge in [-0.1, -0.05) is 42.2 Å². The molecule has 1 fully saturated rings. The maximum Gasteiger partial charge on any atom is 0.295 e. The molecule has 0 aliphatic carbocycles. The molecule has 1 heterocycles. The number of hydrogen-bond donors (Lipinski definition) is 1. The summed E-state index contributed by atoms with van der Waals surface area (Å²) in [4.78, 5) is 28.9. The molecule has 0 bridgehead atoms. The molecule has 33 heavy (non-hydrogen) atoms. The van der Waals surface area contributed by atoms with Crippen molar-refractivity contribution in [3.05, 3.63) is 65.2 Å². The number of likely N-dealkylation sites (tertiary alicyclic amines) is 1. The zero-order valence-electron chi connectivity index (χ0n) is 19.7. The van der Waals surface area contributed by atoms with Gasteiger partial charge in [0.15, 0.2) is 11.5 Å². The standard InChI is InChI=1S/C26H32N2O5/c1-5-32-20-14-13-19(17-21(20)33-6-2)23-22(24(29)18-11-8-7-9-12-18)25(30)26(31)28(23)16-10-15-27(3)4/h7-9,11-14,17,23,29H,5-6,10,15-16H2,1-4H3/b24-22+. The number of ketones is 1. The van der Waals surface area contributed by atoms with E-state index in [0.29, 0.717) is 48.8 Å². The van der Waals surface area contributed by atoms with Gasteiger partial charge in [0, 0.05) is 18.5 Å². The van der Waals surface area contributed by atoms with Crippen molar-refractivity contribution in [2.24, 2.45) is 0 Å². The van der Waals surface area contributed by atoms with E-state index >= 15 is 0 Å². The average Bonchev–Trinajstić information content (AvgIpc) is 3.05. The van der Waals surface area contributed by atoms with Crippen molar-refractivity contribution in [1.29, 1.82) is 0 Å². The minimum absolute atomic E-state index is 0.0185. The number of Topliss-reactive ketones (excluding diaryl/α,β-unsaturated/α-hetero) is 1. The first-order valence-corrected chi connectivity index (χ1v) is 11.4. The Hall–Kier alpha value is -3.32. The van der Waals surface area contributed by atoms with E-state index in [1.807, 2.05) is 27.9 Å². The molecule has 0 aromatic heterocycles. The van der Waals surface area contributed by atoms with Crippen LogP contribution in [0.4, 0.5) is 0 Å². The number of quaternary nitrogens is 1. The zero-order chi connectivity index (χ0) is 24.0. The van der Waals surface area contributed by atoms with Gasteiger partial charge in [-0.3, -0.25) is 9.59 Å². The molecule has 2 aromatic rings. The number of carbonyl (C=O) groups excluding carboxylic acids is 2. The highest BCUT2D eigenvalue weighted by molar-refractivity contribution is 6.46. The minimum Gasteiger partial charge on any atom is -0.872 e. The van der Waals surface area contributed by atoms with Crippen molar-refractivity contribution >= 4 is 17.4 Å². The molecule has 1 saturated heterocycles. The van der Waals surface area contributed by atoms with E-state index in [1.165, 1.54) is 9.80 Å². The van der Waals surface area contributed by atoms with E-state index in [2.05, 4.69) is 0 Å². The van der Waals surface area contributed by atoms with Crippen molar-refractivity contribution in [1.82, 2.24) is 4.90 Å². The second-order valence-corrected chi connectivity index (χ2v) is 8.22. The van der Waals surface area contributed by atoms with E-state index in [9.17, 15) is 14.7 Å². The Bertz CT molecular complexity index is 1020. The lowest BCUT2D eigenvalue weighted by Gasteiger charge is -2.28. The van der Waals surface area contributed by atoms with E-state index in [4.69, 9.17) is 9.47 Å². The fourth-order valence-electron chi connectivity index (χ4n) is 4.03. The molecule has 7 nitrogen and oxygen atoms in total. The van der Waals surface area contributed by atoms with Gasteiger partial charge >= 0.3 is 0 Å². The van der Waals surface area contributed by atoms with Gasteiger partial charge in [0.05, 0.1) is 39.9 Å². The summed E-state index contributed by atoms with van der Waals surface area (Å²) in [5, 5.41) is 13.4. The van der Waals surface area contributed by atoms with E-state index in [-0.39, 0.29) is 5.57 Å². The first-order valence-electron chi connectivity index (χ1n) is 11.4. The molecule has 3 rings (SSSR count). The molecule has 1 amide bonds. The Labute approximate surface area is 195 Å². The van der Waals surface area contributed by atoms with Crippen LogP contribution in [0.2, 0.25) is 0 Å². The predicted molar refractivity (Wildman–Crippen MR) is 124 cm³/mol. The van der Waals surface area contributed by atoms with Gasteiger partial charge in [0.25, 0.3) is 5.91 Å². The number of nitrogens with one attached hydrogen (secondary N) is 1. The third-order valence-corrected chi connectivity index (χ3v) is 5.52. The third kappa shape index (κ3) is 5.37. The molecule has 0 spiro atoms. The lowest BCUT2D eigenvalue weighted by atomic mass is 9.95. The quantitative estimate of drug-likeness (QED) is 0.333. The molecule has 1 atom stereocenters. The molecule has 1 N–H and O–H groups in total. The van der Waals surface area contributed by atoms with Crippen molar-refractivity contribution < 1.29 is 29.1 Å². The van der Waals surface area contributed by atoms with Gasteiger partial charge in [0.2, 0.25) is 5.78 Å².